The first-order chi connectivity index (χ1) is 14.9. The molecular formula is C24H24N2O5. The molecule has 3 aliphatic rings. The molecule has 2 fully saturated rings. The Bertz CT molecular complexity index is 1040. The lowest BCUT2D eigenvalue weighted by molar-refractivity contribution is -0.144. The minimum absolute atomic E-state index is 0.0237. The average molecular weight is 420 g/mol. The van der Waals surface area contributed by atoms with E-state index in [1.807, 2.05) is 36.4 Å². The monoisotopic (exact) mass is 420 g/mol. The fourth-order valence-corrected chi connectivity index (χ4v) is 5.13. The molecule has 31 heavy (non-hydrogen) atoms. The maximum absolute atomic E-state index is 12.7. The molecule has 2 aliphatic carbocycles. The molecule has 0 radical (unpaired) electrons. The van der Waals surface area contributed by atoms with Gasteiger partial charge >= 0.3 is 12.1 Å². The molecule has 5 rings (SSSR count). The number of likely N-dealkylation sites (tertiary alicyclic amines) is 1. The van der Waals surface area contributed by atoms with Crippen molar-refractivity contribution in [2.75, 3.05) is 19.7 Å². The highest BCUT2D eigenvalue weighted by atomic mass is 16.5. The van der Waals surface area contributed by atoms with Crippen molar-refractivity contribution >= 4 is 18.0 Å². The molecule has 160 valence electrons. The molecule has 2 N–H and O–H groups in total. The van der Waals surface area contributed by atoms with Gasteiger partial charge in [-0.1, -0.05) is 48.5 Å². The Hall–Kier alpha value is -3.35. The Labute approximate surface area is 180 Å². The van der Waals surface area contributed by atoms with Crippen LogP contribution in [0.4, 0.5) is 4.79 Å². The largest absolute Gasteiger partial charge is 0.481 e. The fraction of sp³-hybridized carbons (Fsp3) is 0.375. The maximum atomic E-state index is 12.7. The van der Waals surface area contributed by atoms with Crippen molar-refractivity contribution in [2.24, 2.45) is 11.3 Å². The molecule has 3 atom stereocenters. The number of fused-ring (bicyclic) bond motifs is 4. The molecule has 1 saturated heterocycles. The van der Waals surface area contributed by atoms with Gasteiger partial charge in [0.1, 0.15) is 12.6 Å². The Morgan fingerprint density at radius 2 is 1.74 bits per heavy atom. The third-order valence-electron chi connectivity index (χ3n) is 6.93. The number of hydrogen-bond donors (Lipinski definition) is 2. The molecule has 3 unspecified atom stereocenters. The average Bonchev–Trinajstić information content (AvgIpc) is 3.20. The van der Waals surface area contributed by atoms with Crippen molar-refractivity contribution in [1.82, 2.24) is 10.2 Å². The van der Waals surface area contributed by atoms with Gasteiger partial charge in [-0.3, -0.25) is 9.59 Å². The van der Waals surface area contributed by atoms with Gasteiger partial charge in [-0.05, 0) is 41.5 Å². The summed E-state index contributed by atoms with van der Waals surface area (Å²) < 4.78 is 5.50. The van der Waals surface area contributed by atoms with Gasteiger partial charge in [0.05, 0.1) is 5.41 Å². The lowest BCUT2D eigenvalue weighted by Crippen LogP contribution is -2.47. The number of piperidine rings is 1. The highest BCUT2D eigenvalue weighted by Gasteiger charge is 2.66. The van der Waals surface area contributed by atoms with E-state index in [1.165, 1.54) is 4.90 Å². The van der Waals surface area contributed by atoms with Crippen molar-refractivity contribution in [3.8, 4) is 11.1 Å². The SMILES string of the molecule is CC(NC(=O)OCC1c2ccccc2-c2ccccc21)C(=O)N1CC2CC2(C(=O)O)C1. The third kappa shape index (κ3) is 3.15. The van der Waals surface area contributed by atoms with E-state index in [0.717, 1.165) is 22.3 Å². The van der Waals surface area contributed by atoms with Crippen molar-refractivity contribution in [2.45, 2.75) is 25.3 Å². The summed E-state index contributed by atoms with van der Waals surface area (Å²) in [5.41, 5.74) is 3.76. The topological polar surface area (TPSA) is 95.9 Å². The number of carboxylic acid groups (broad SMARTS) is 1. The zero-order chi connectivity index (χ0) is 21.8. The van der Waals surface area contributed by atoms with Gasteiger partial charge in [0.2, 0.25) is 5.91 Å². The van der Waals surface area contributed by atoms with Crippen molar-refractivity contribution in [1.29, 1.82) is 0 Å². The molecule has 2 aromatic carbocycles. The summed E-state index contributed by atoms with van der Waals surface area (Å²) in [5, 5.41) is 12.0. The van der Waals surface area contributed by atoms with Gasteiger partial charge in [0.15, 0.2) is 0 Å². The smallest absolute Gasteiger partial charge is 0.407 e. The predicted molar refractivity (Wildman–Crippen MR) is 112 cm³/mol. The summed E-state index contributed by atoms with van der Waals surface area (Å²) in [6, 6.07) is 15.4. The second kappa shape index (κ2) is 7.11. The number of carbonyl (C=O) groups is 3. The zero-order valence-electron chi connectivity index (χ0n) is 17.2. The molecular weight excluding hydrogens is 396 g/mol. The first-order valence-electron chi connectivity index (χ1n) is 10.5. The van der Waals surface area contributed by atoms with E-state index in [0.29, 0.717) is 13.0 Å². The number of carbonyl (C=O) groups excluding carboxylic acids is 2. The second-order valence-electron chi connectivity index (χ2n) is 8.77. The second-order valence-corrected chi connectivity index (χ2v) is 8.77. The van der Waals surface area contributed by atoms with Crippen LogP contribution in [0.25, 0.3) is 11.1 Å². The summed E-state index contributed by atoms with van der Waals surface area (Å²) in [5.74, 6) is -1.15. The molecule has 1 aliphatic heterocycles. The molecule has 1 saturated carbocycles. The van der Waals surface area contributed by atoms with E-state index in [9.17, 15) is 19.5 Å². The molecule has 2 aromatic rings. The van der Waals surface area contributed by atoms with Crippen molar-refractivity contribution < 1.29 is 24.2 Å². The summed E-state index contributed by atoms with van der Waals surface area (Å²) in [6.45, 7) is 2.42. The van der Waals surface area contributed by atoms with Gasteiger partial charge < -0.3 is 20.1 Å². The van der Waals surface area contributed by atoms with Gasteiger partial charge in [-0.25, -0.2) is 4.79 Å². The zero-order valence-corrected chi connectivity index (χ0v) is 17.2. The van der Waals surface area contributed by atoms with Crippen molar-refractivity contribution in [3.05, 3.63) is 59.7 Å². The third-order valence-corrected chi connectivity index (χ3v) is 6.93. The minimum Gasteiger partial charge on any atom is -0.481 e. The number of rotatable bonds is 5. The van der Waals surface area contributed by atoms with Crippen LogP contribution in [0.1, 0.15) is 30.4 Å². The summed E-state index contributed by atoms with van der Waals surface area (Å²) >= 11 is 0. The van der Waals surface area contributed by atoms with Crippen LogP contribution >= 0.6 is 0 Å². The molecule has 7 nitrogen and oxygen atoms in total. The Kier molecular flexibility index (Phi) is 4.50. The van der Waals surface area contributed by atoms with Crippen LogP contribution in [0.3, 0.4) is 0 Å². The summed E-state index contributed by atoms with van der Waals surface area (Å²) in [4.78, 5) is 38.0. The summed E-state index contributed by atoms with van der Waals surface area (Å²) in [7, 11) is 0. The quantitative estimate of drug-likeness (QED) is 0.776. The number of benzene rings is 2. The highest BCUT2D eigenvalue weighted by molar-refractivity contribution is 5.88. The molecule has 0 aromatic heterocycles. The van der Waals surface area contributed by atoms with Crippen LogP contribution < -0.4 is 5.32 Å². The lowest BCUT2D eigenvalue weighted by Gasteiger charge is -2.24. The van der Waals surface area contributed by atoms with E-state index in [-0.39, 0.29) is 30.9 Å². The first kappa shape index (κ1) is 19.6. The van der Waals surface area contributed by atoms with E-state index in [4.69, 9.17) is 4.74 Å². The molecule has 2 amide bonds. The van der Waals surface area contributed by atoms with Crippen LogP contribution in [-0.2, 0) is 14.3 Å². The number of hydrogen-bond acceptors (Lipinski definition) is 4. The standard InChI is InChI=1S/C24H24N2O5/c1-14(21(27)26-11-15-10-24(15,13-26)22(28)29)25-23(30)31-12-20-18-8-4-2-6-16(18)17-7-3-5-9-19(17)20/h2-9,14-15,20H,10-13H2,1H3,(H,25,30)(H,28,29). The lowest BCUT2D eigenvalue weighted by atomic mass is 9.98. The number of nitrogens with one attached hydrogen (secondary N) is 1. The van der Waals surface area contributed by atoms with E-state index in [2.05, 4.69) is 17.4 Å². The Morgan fingerprint density at radius 1 is 1.13 bits per heavy atom. The summed E-state index contributed by atoms with van der Waals surface area (Å²) in [6.07, 6.45) is -0.0275. The van der Waals surface area contributed by atoms with Gasteiger partial charge in [0.25, 0.3) is 0 Å². The highest BCUT2D eigenvalue weighted by Crippen LogP contribution is 2.57. The van der Waals surface area contributed by atoms with E-state index in [1.54, 1.807) is 6.92 Å². The molecule has 7 heteroatoms. The van der Waals surface area contributed by atoms with Crippen molar-refractivity contribution in [3.63, 3.8) is 0 Å². The molecule has 0 bridgehead atoms. The number of alkyl carbamates (subject to hydrolysis) is 1. The molecule has 1 heterocycles. The van der Waals surface area contributed by atoms with Crippen LogP contribution in [0, 0.1) is 11.3 Å². The Balaban J connectivity index is 1.19. The number of carboxylic acids is 1. The Morgan fingerprint density at radius 3 is 2.32 bits per heavy atom. The first-order valence-corrected chi connectivity index (χ1v) is 10.5. The van der Waals surface area contributed by atoms with Gasteiger partial charge in [0, 0.05) is 19.0 Å². The van der Waals surface area contributed by atoms with Crippen LogP contribution in [0.15, 0.2) is 48.5 Å². The normalized spacial score (nSPS) is 24.0. The van der Waals surface area contributed by atoms with Crippen LogP contribution in [-0.4, -0.2) is 53.7 Å². The molecule has 0 spiro atoms. The number of aliphatic carboxylic acids is 1. The van der Waals surface area contributed by atoms with Crippen LogP contribution in [0.2, 0.25) is 0 Å². The van der Waals surface area contributed by atoms with Crippen LogP contribution in [0.5, 0.6) is 0 Å². The van der Waals surface area contributed by atoms with Gasteiger partial charge in [-0.15, -0.1) is 0 Å². The predicted octanol–water partition coefficient (Wildman–Crippen LogP) is 2.85. The maximum Gasteiger partial charge on any atom is 0.407 e. The number of nitrogens with zero attached hydrogens (tertiary/aromatic N) is 1. The van der Waals surface area contributed by atoms with E-state index < -0.39 is 23.5 Å². The van der Waals surface area contributed by atoms with E-state index >= 15 is 0 Å². The number of amides is 2. The minimum atomic E-state index is -0.843. The number of ether oxygens (including phenoxy) is 1. The van der Waals surface area contributed by atoms with Gasteiger partial charge in [-0.2, -0.15) is 0 Å². The fourth-order valence-electron chi connectivity index (χ4n) is 5.13.